The van der Waals surface area contributed by atoms with Crippen LogP contribution in [0.25, 0.3) is 0 Å². The zero-order valence-electron chi connectivity index (χ0n) is 12.3. The molecule has 0 radical (unpaired) electrons. The first kappa shape index (κ1) is 14.6. The molecule has 7 heteroatoms. The Kier molecular flexibility index (Phi) is 4.43. The number of aromatic nitrogens is 3. The molecule has 22 heavy (non-hydrogen) atoms. The maximum atomic E-state index is 5.62. The highest BCUT2D eigenvalue weighted by molar-refractivity contribution is 7.98. The molecule has 0 spiro atoms. The molecule has 3 aromatic rings. The Bertz CT molecular complexity index is 754. The van der Waals surface area contributed by atoms with Crippen LogP contribution in [0.15, 0.2) is 44.5 Å². The third-order valence-corrected chi connectivity index (χ3v) is 3.67. The first-order valence-electron chi connectivity index (χ1n) is 6.76. The Balaban J connectivity index is 1.52. The lowest BCUT2D eigenvalue weighted by atomic mass is 10.2. The van der Waals surface area contributed by atoms with E-state index in [1.165, 1.54) is 11.8 Å². The van der Waals surface area contributed by atoms with Gasteiger partial charge in [0.1, 0.15) is 11.5 Å². The number of hydrogen-bond acceptors (Lipinski definition) is 7. The van der Waals surface area contributed by atoms with Crippen LogP contribution in [0.2, 0.25) is 0 Å². The van der Waals surface area contributed by atoms with Gasteiger partial charge in [0.2, 0.25) is 0 Å². The zero-order valence-corrected chi connectivity index (χ0v) is 13.1. The Morgan fingerprint density at radius 2 is 2.09 bits per heavy atom. The summed E-state index contributed by atoms with van der Waals surface area (Å²) in [6.45, 7) is 4.12. The second-order valence-electron chi connectivity index (χ2n) is 4.78. The quantitative estimate of drug-likeness (QED) is 0.644. The van der Waals surface area contributed by atoms with Crippen LogP contribution in [-0.4, -0.2) is 15.4 Å². The van der Waals surface area contributed by atoms with E-state index in [2.05, 4.69) is 15.4 Å². The molecule has 0 fully saturated rings. The summed E-state index contributed by atoms with van der Waals surface area (Å²) < 4.78 is 16.1. The average molecular weight is 317 g/mol. The summed E-state index contributed by atoms with van der Waals surface area (Å²) in [5, 5.41) is 12.3. The molecular weight excluding hydrogens is 302 g/mol. The van der Waals surface area contributed by atoms with Crippen LogP contribution in [0.1, 0.15) is 22.9 Å². The summed E-state index contributed by atoms with van der Waals surface area (Å²) in [5.41, 5.74) is 1.99. The van der Waals surface area contributed by atoms with Crippen molar-refractivity contribution in [3.05, 3.63) is 53.2 Å². The van der Waals surface area contributed by atoms with E-state index in [0.29, 0.717) is 16.9 Å². The van der Waals surface area contributed by atoms with Gasteiger partial charge in [-0.15, -0.1) is 10.2 Å². The van der Waals surface area contributed by atoms with Crippen molar-refractivity contribution in [1.82, 2.24) is 15.4 Å². The molecule has 0 aliphatic rings. The average Bonchev–Trinajstić information content (AvgIpc) is 3.12. The van der Waals surface area contributed by atoms with E-state index in [1.54, 1.807) is 0 Å². The Morgan fingerprint density at radius 1 is 1.18 bits per heavy atom. The van der Waals surface area contributed by atoms with E-state index in [4.69, 9.17) is 13.7 Å². The highest BCUT2D eigenvalue weighted by Gasteiger charge is 2.09. The predicted molar refractivity (Wildman–Crippen MR) is 80.6 cm³/mol. The fraction of sp³-hybridized carbons (Fsp3) is 0.267. The van der Waals surface area contributed by atoms with Crippen LogP contribution >= 0.6 is 11.8 Å². The van der Waals surface area contributed by atoms with Gasteiger partial charge in [-0.05, 0) is 31.5 Å². The van der Waals surface area contributed by atoms with Crippen LogP contribution in [0.4, 0.5) is 0 Å². The Morgan fingerprint density at radius 3 is 2.86 bits per heavy atom. The molecular formula is C15H15N3O3S. The lowest BCUT2D eigenvalue weighted by molar-refractivity contribution is 0.252. The Hall–Kier alpha value is -2.28. The van der Waals surface area contributed by atoms with Crippen molar-refractivity contribution in [2.75, 3.05) is 0 Å². The van der Waals surface area contributed by atoms with Gasteiger partial charge in [0.05, 0.1) is 5.69 Å². The number of nitrogens with zero attached hydrogens (tertiary/aromatic N) is 3. The minimum absolute atomic E-state index is 0.250. The van der Waals surface area contributed by atoms with Crippen molar-refractivity contribution in [1.29, 1.82) is 0 Å². The van der Waals surface area contributed by atoms with E-state index >= 15 is 0 Å². The van der Waals surface area contributed by atoms with E-state index < -0.39 is 0 Å². The molecule has 0 aliphatic heterocycles. The van der Waals surface area contributed by atoms with E-state index in [0.717, 1.165) is 22.8 Å². The maximum Gasteiger partial charge on any atom is 0.277 e. The van der Waals surface area contributed by atoms with Crippen LogP contribution in [0.5, 0.6) is 5.75 Å². The van der Waals surface area contributed by atoms with Crippen molar-refractivity contribution in [3.8, 4) is 5.75 Å². The van der Waals surface area contributed by atoms with Gasteiger partial charge in [-0.2, -0.15) is 0 Å². The smallest absolute Gasteiger partial charge is 0.277 e. The van der Waals surface area contributed by atoms with Crippen LogP contribution < -0.4 is 4.74 Å². The van der Waals surface area contributed by atoms with Gasteiger partial charge in [0.15, 0.2) is 6.61 Å². The highest BCUT2D eigenvalue weighted by Crippen LogP contribution is 2.22. The van der Waals surface area contributed by atoms with E-state index in [1.807, 2.05) is 44.2 Å². The standard InChI is InChI=1S/C15H15N3O3S/c1-10-4-3-5-13(6-10)19-8-14-16-17-15(20-14)22-9-12-7-11(2)21-18-12/h3-7H,8-9H2,1-2H3. The molecule has 0 amide bonds. The van der Waals surface area contributed by atoms with Gasteiger partial charge < -0.3 is 13.7 Å². The second kappa shape index (κ2) is 6.65. The Labute approximate surface area is 131 Å². The molecule has 0 atom stereocenters. The minimum atomic E-state index is 0.250. The third-order valence-electron chi connectivity index (χ3n) is 2.82. The fourth-order valence-electron chi connectivity index (χ4n) is 1.83. The van der Waals surface area contributed by atoms with Crippen molar-refractivity contribution >= 4 is 11.8 Å². The topological polar surface area (TPSA) is 74.2 Å². The number of benzene rings is 1. The largest absolute Gasteiger partial charge is 0.484 e. The molecule has 2 heterocycles. The monoisotopic (exact) mass is 317 g/mol. The van der Waals surface area contributed by atoms with E-state index in [-0.39, 0.29) is 6.61 Å². The summed E-state index contributed by atoms with van der Waals surface area (Å²) in [4.78, 5) is 0. The van der Waals surface area contributed by atoms with Gasteiger partial charge >= 0.3 is 0 Å². The first-order chi connectivity index (χ1) is 10.7. The molecule has 0 N–H and O–H groups in total. The van der Waals surface area contributed by atoms with Crippen molar-refractivity contribution in [3.63, 3.8) is 0 Å². The molecule has 0 aliphatic carbocycles. The highest BCUT2D eigenvalue weighted by atomic mass is 32.2. The predicted octanol–water partition coefficient (Wildman–Crippen LogP) is 3.55. The van der Waals surface area contributed by atoms with E-state index in [9.17, 15) is 0 Å². The van der Waals surface area contributed by atoms with Gasteiger partial charge in [0, 0.05) is 11.8 Å². The normalized spacial score (nSPS) is 10.8. The zero-order chi connectivity index (χ0) is 15.4. The molecule has 114 valence electrons. The van der Waals surface area contributed by atoms with Gasteiger partial charge in [-0.3, -0.25) is 0 Å². The third kappa shape index (κ3) is 3.88. The molecule has 3 rings (SSSR count). The lowest BCUT2D eigenvalue weighted by Crippen LogP contribution is -1.95. The van der Waals surface area contributed by atoms with Crippen LogP contribution in [0, 0.1) is 13.8 Å². The molecule has 0 saturated heterocycles. The molecule has 0 unspecified atom stereocenters. The summed E-state index contributed by atoms with van der Waals surface area (Å²) in [6.07, 6.45) is 0. The molecule has 6 nitrogen and oxygen atoms in total. The number of aryl methyl sites for hydroxylation is 2. The fourth-order valence-corrected chi connectivity index (χ4v) is 2.49. The molecule has 0 bridgehead atoms. The van der Waals surface area contributed by atoms with Crippen molar-refractivity contribution < 1.29 is 13.7 Å². The van der Waals surface area contributed by atoms with Crippen molar-refractivity contribution in [2.24, 2.45) is 0 Å². The van der Waals surface area contributed by atoms with Gasteiger partial charge in [0.25, 0.3) is 11.1 Å². The van der Waals surface area contributed by atoms with Crippen molar-refractivity contribution in [2.45, 2.75) is 31.4 Å². The van der Waals surface area contributed by atoms with Crippen LogP contribution in [0.3, 0.4) is 0 Å². The minimum Gasteiger partial charge on any atom is -0.484 e. The summed E-state index contributed by atoms with van der Waals surface area (Å²) in [6, 6.07) is 9.69. The SMILES string of the molecule is Cc1cccc(OCc2nnc(SCc3cc(C)on3)o2)c1. The number of ether oxygens (including phenoxy) is 1. The maximum absolute atomic E-state index is 5.62. The lowest BCUT2D eigenvalue weighted by Gasteiger charge is -2.03. The molecule has 2 aromatic heterocycles. The summed E-state index contributed by atoms with van der Waals surface area (Å²) >= 11 is 1.41. The molecule has 1 aromatic carbocycles. The van der Waals surface area contributed by atoms with Gasteiger partial charge in [-0.1, -0.05) is 29.1 Å². The molecule has 0 saturated carbocycles. The number of hydrogen-bond donors (Lipinski definition) is 0. The summed E-state index contributed by atoms with van der Waals surface area (Å²) in [7, 11) is 0. The van der Waals surface area contributed by atoms with Crippen LogP contribution in [-0.2, 0) is 12.4 Å². The summed E-state index contributed by atoms with van der Waals surface area (Å²) in [5.74, 6) is 2.64. The second-order valence-corrected chi connectivity index (χ2v) is 5.71. The number of rotatable bonds is 6. The van der Waals surface area contributed by atoms with Gasteiger partial charge in [-0.25, -0.2) is 0 Å². The number of thioether (sulfide) groups is 1. The first-order valence-corrected chi connectivity index (χ1v) is 7.74.